The molecule has 2 heterocycles. The summed E-state index contributed by atoms with van der Waals surface area (Å²) in [6.45, 7) is 0. The van der Waals surface area contributed by atoms with E-state index in [1.54, 1.807) is 10.6 Å². The molecule has 0 aliphatic carbocycles. The first-order valence-corrected chi connectivity index (χ1v) is 8.81. The minimum atomic E-state index is 1.09. The van der Waals surface area contributed by atoms with E-state index in [-0.39, 0.29) is 0 Å². The van der Waals surface area contributed by atoms with Crippen LogP contribution in [0.2, 0.25) is 20.3 Å². The molecule has 2 aliphatic heterocycles. The Bertz CT molecular complexity index is 87.2. The summed E-state index contributed by atoms with van der Waals surface area (Å²) < 4.78 is 0. The van der Waals surface area contributed by atoms with Crippen molar-refractivity contribution in [2.75, 3.05) is 11.5 Å². The Morgan fingerprint density at radius 3 is 1.89 bits per heavy atom. The quantitative estimate of drug-likeness (QED) is 0.700. The van der Waals surface area contributed by atoms with Crippen LogP contribution in [0.4, 0.5) is 0 Å². The predicted molar refractivity (Wildman–Crippen MR) is 45.9 cm³/mol. The van der Waals surface area contributed by atoms with Crippen molar-refractivity contribution in [1.82, 2.24) is 0 Å². The number of hydrogen-bond acceptors (Lipinski definition) is 1. The normalized spacial score (nSPS) is 38.7. The van der Waals surface area contributed by atoms with E-state index in [9.17, 15) is 0 Å². The fraction of sp³-hybridized carbons (Fsp3) is 1.00. The Balaban J connectivity index is 1.46. The van der Waals surface area contributed by atoms with Crippen LogP contribution in [0.15, 0.2) is 0 Å². The molecule has 0 N–H and O–H groups in total. The van der Waals surface area contributed by atoms with Gasteiger partial charge in [-0.2, -0.15) is 0 Å². The van der Waals surface area contributed by atoms with Crippen LogP contribution in [0.3, 0.4) is 0 Å². The molecule has 9 heavy (non-hydrogen) atoms. The zero-order valence-corrected chi connectivity index (χ0v) is 9.45. The van der Waals surface area contributed by atoms with E-state index in [4.69, 9.17) is 0 Å². The van der Waals surface area contributed by atoms with E-state index >= 15 is 0 Å². The number of rotatable bonds is 4. The van der Waals surface area contributed by atoms with Crippen molar-refractivity contribution in [1.29, 1.82) is 0 Å². The predicted octanol–water partition coefficient (Wildman–Crippen LogP) is 1.57. The zero-order chi connectivity index (χ0) is 6.10. The fourth-order valence-corrected chi connectivity index (χ4v) is 5.91. The molecule has 2 rings (SSSR count). The summed E-state index contributed by atoms with van der Waals surface area (Å²) >= 11 is 4.40. The second kappa shape index (κ2) is 3.19. The fourth-order valence-electron chi connectivity index (χ4n) is 0.659. The molecule has 0 nitrogen and oxygen atoms in total. The molecule has 0 aromatic rings. The van der Waals surface area contributed by atoms with E-state index in [0.717, 1.165) is 29.9 Å². The molecular weight excluding hydrogens is 262 g/mol. The third-order valence-electron chi connectivity index (χ3n) is 1.41. The van der Waals surface area contributed by atoms with Gasteiger partial charge in [0, 0.05) is 0 Å². The maximum absolute atomic E-state index is 2.23. The third-order valence-corrected chi connectivity index (χ3v) is 7.72. The molecule has 2 atom stereocenters. The standard InChI is InChI=1S/C6H10SSe2/c1(5-3-8-5)7-2-6-4-9-6/h5-6H,1-4H2. The maximum atomic E-state index is 2.23. The van der Waals surface area contributed by atoms with Crippen molar-refractivity contribution in [3.05, 3.63) is 0 Å². The van der Waals surface area contributed by atoms with Gasteiger partial charge in [0.2, 0.25) is 0 Å². The minimum absolute atomic E-state index is 1.09. The average molecular weight is 272 g/mol. The van der Waals surface area contributed by atoms with E-state index < -0.39 is 0 Å². The first kappa shape index (κ1) is 7.06. The van der Waals surface area contributed by atoms with E-state index in [2.05, 4.69) is 11.8 Å². The van der Waals surface area contributed by atoms with Gasteiger partial charge in [-0.3, -0.25) is 0 Å². The van der Waals surface area contributed by atoms with Gasteiger partial charge >= 0.3 is 73.5 Å². The monoisotopic (exact) mass is 274 g/mol. The van der Waals surface area contributed by atoms with Crippen LogP contribution in [-0.2, 0) is 0 Å². The summed E-state index contributed by atoms with van der Waals surface area (Å²) in [5.74, 6) is 3.01. The number of hydrogen-bond donors (Lipinski definition) is 0. The van der Waals surface area contributed by atoms with Gasteiger partial charge < -0.3 is 0 Å². The molecule has 3 heteroatoms. The Morgan fingerprint density at radius 1 is 1.11 bits per heavy atom. The molecule has 2 saturated heterocycles. The van der Waals surface area contributed by atoms with Crippen molar-refractivity contribution in [2.24, 2.45) is 0 Å². The van der Waals surface area contributed by atoms with Gasteiger partial charge in [0.05, 0.1) is 0 Å². The van der Waals surface area contributed by atoms with Gasteiger partial charge in [-0.1, -0.05) is 0 Å². The molecule has 0 aromatic heterocycles. The van der Waals surface area contributed by atoms with Gasteiger partial charge in [-0.05, 0) is 0 Å². The van der Waals surface area contributed by atoms with E-state index in [1.807, 2.05) is 0 Å². The van der Waals surface area contributed by atoms with Crippen LogP contribution < -0.4 is 0 Å². The Labute approximate surface area is 73.2 Å². The molecule has 2 fully saturated rings. The Hall–Kier alpha value is 1.39. The van der Waals surface area contributed by atoms with Gasteiger partial charge in [-0.25, -0.2) is 0 Å². The van der Waals surface area contributed by atoms with E-state index in [0.29, 0.717) is 0 Å². The second-order valence-corrected chi connectivity index (χ2v) is 9.12. The Morgan fingerprint density at radius 2 is 1.56 bits per heavy atom. The molecule has 52 valence electrons. The second-order valence-electron chi connectivity index (χ2n) is 2.45. The van der Waals surface area contributed by atoms with Crippen LogP contribution in [0.1, 0.15) is 0 Å². The van der Waals surface area contributed by atoms with Crippen LogP contribution in [0.5, 0.6) is 0 Å². The molecule has 0 saturated carbocycles. The van der Waals surface area contributed by atoms with Gasteiger partial charge in [0.15, 0.2) is 0 Å². The number of thioether (sulfide) groups is 1. The van der Waals surface area contributed by atoms with Gasteiger partial charge in [0.1, 0.15) is 0 Å². The molecule has 0 bridgehead atoms. The van der Waals surface area contributed by atoms with Crippen LogP contribution >= 0.6 is 11.8 Å². The van der Waals surface area contributed by atoms with Crippen molar-refractivity contribution in [2.45, 2.75) is 20.3 Å². The molecule has 0 amide bonds. The summed E-state index contributed by atoms with van der Waals surface area (Å²) in [7, 11) is 0. The molecule has 2 aliphatic rings. The van der Waals surface area contributed by atoms with Crippen LogP contribution in [-0.4, -0.2) is 41.4 Å². The van der Waals surface area contributed by atoms with Crippen molar-refractivity contribution >= 4 is 41.7 Å². The molecular formula is C6H10SSe2. The van der Waals surface area contributed by atoms with Crippen molar-refractivity contribution < 1.29 is 0 Å². The first-order chi connectivity index (χ1) is 4.45. The van der Waals surface area contributed by atoms with Crippen LogP contribution in [0.25, 0.3) is 0 Å². The SMILES string of the molecule is C(SCC1C[Se]1)C1C[Se]1. The summed E-state index contributed by atoms with van der Waals surface area (Å²) in [5.41, 5.74) is 0. The molecule has 0 radical (unpaired) electrons. The molecule has 2 unspecified atom stereocenters. The van der Waals surface area contributed by atoms with Crippen molar-refractivity contribution in [3.63, 3.8) is 0 Å². The summed E-state index contributed by atoms with van der Waals surface area (Å²) in [4.78, 5) is 2.41. The van der Waals surface area contributed by atoms with Crippen LogP contribution in [0, 0.1) is 0 Å². The first-order valence-electron chi connectivity index (χ1n) is 3.26. The summed E-state index contributed by atoms with van der Waals surface area (Å²) in [6, 6.07) is 0. The van der Waals surface area contributed by atoms with Gasteiger partial charge in [0.25, 0.3) is 0 Å². The average Bonchev–Trinajstić information content (AvgIpc) is 2.57. The third kappa shape index (κ3) is 2.86. The zero-order valence-electron chi connectivity index (χ0n) is 5.21. The topological polar surface area (TPSA) is 0 Å². The van der Waals surface area contributed by atoms with Crippen molar-refractivity contribution in [3.8, 4) is 0 Å². The Kier molecular flexibility index (Phi) is 2.50. The summed E-state index contributed by atoms with van der Waals surface area (Å²) in [5, 5.41) is 3.19. The molecule has 0 aromatic carbocycles. The van der Waals surface area contributed by atoms with E-state index in [1.165, 1.54) is 21.1 Å². The summed E-state index contributed by atoms with van der Waals surface area (Å²) in [6.07, 6.45) is 0. The molecule has 0 spiro atoms. The van der Waals surface area contributed by atoms with Gasteiger partial charge in [-0.15, -0.1) is 0 Å².